The van der Waals surface area contributed by atoms with E-state index in [1.54, 1.807) is 6.08 Å². The molecule has 1 rings (SSSR count). The van der Waals surface area contributed by atoms with Crippen LogP contribution in [0.15, 0.2) is 22.2 Å². The van der Waals surface area contributed by atoms with Crippen LogP contribution in [0.25, 0.3) is 0 Å². The highest BCUT2D eigenvalue weighted by molar-refractivity contribution is 9.11. The summed E-state index contributed by atoms with van der Waals surface area (Å²) in [5, 5.41) is 0. The van der Waals surface area contributed by atoms with Crippen LogP contribution < -0.4 is 0 Å². The fraction of sp³-hybridized carbons (Fsp3) is 0.444. The van der Waals surface area contributed by atoms with Crippen molar-refractivity contribution in [3.63, 3.8) is 0 Å². The van der Waals surface area contributed by atoms with Crippen LogP contribution in [0, 0.1) is 0 Å². The van der Waals surface area contributed by atoms with Crippen molar-refractivity contribution >= 4 is 22.0 Å². The molecule has 0 fully saturated rings. The van der Waals surface area contributed by atoms with Gasteiger partial charge in [-0.15, -0.1) is 0 Å². The smallest absolute Gasteiger partial charge is 0.256 e. The maximum absolute atomic E-state index is 11.8. The average molecular weight is 233 g/mol. The fourth-order valence-corrected chi connectivity index (χ4v) is 1.84. The monoisotopic (exact) mass is 232 g/mol. The summed E-state index contributed by atoms with van der Waals surface area (Å²) >= 11 is 3.40. The summed E-state index contributed by atoms with van der Waals surface area (Å²) in [5.74, 6) is 0. The Kier molecular flexibility index (Phi) is 3.66. The van der Waals surface area contributed by atoms with Crippen molar-refractivity contribution in [1.29, 1.82) is 0 Å². The van der Waals surface area contributed by atoms with Crippen molar-refractivity contribution in [2.75, 3.05) is 0 Å². The summed E-state index contributed by atoms with van der Waals surface area (Å²) in [6.07, 6.45) is 6.76. The molecule has 0 aromatic rings. The van der Waals surface area contributed by atoms with Crippen LogP contribution in [0.4, 0.5) is 4.39 Å². The number of halogens is 2. The van der Waals surface area contributed by atoms with E-state index in [2.05, 4.69) is 15.9 Å². The minimum absolute atomic E-state index is 0.935. The van der Waals surface area contributed by atoms with Crippen LogP contribution in [-0.4, -0.2) is 6.04 Å². The quantitative estimate of drug-likeness (QED) is 0.528. The molecule has 1 aliphatic rings. The molecule has 0 radical (unpaired) electrons. The maximum atomic E-state index is 11.8. The van der Waals surface area contributed by atoms with Gasteiger partial charge in [-0.05, 0) is 35.7 Å². The third-order valence-corrected chi connectivity index (χ3v) is 2.76. The van der Waals surface area contributed by atoms with Gasteiger partial charge in [-0.3, -0.25) is 4.79 Å². The molecule has 0 atom stereocenters. The van der Waals surface area contributed by atoms with E-state index in [4.69, 9.17) is 0 Å². The molecule has 3 heteroatoms. The minimum Gasteiger partial charge on any atom is -0.256 e. The van der Waals surface area contributed by atoms with Gasteiger partial charge in [-0.25, -0.2) is 0 Å². The molecule has 0 amide bonds. The van der Waals surface area contributed by atoms with E-state index in [1.807, 2.05) is 0 Å². The normalized spacial score (nSPS) is 18.8. The lowest BCUT2D eigenvalue weighted by Crippen LogP contribution is -1.93. The molecular weight excluding hydrogens is 223 g/mol. The second kappa shape index (κ2) is 4.55. The summed E-state index contributed by atoms with van der Waals surface area (Å²) in [5.41, 5.74) is 1.05. The number of allylic oxidation sites excluding steroid dienone is 4. The highest BCUT2D eigenvalue weighted by Crippen LogP contribution is 2.29. The van der Waals surface area contributed by atoms with Crippen LogP contribution in [-0.2, 0) is 4.79 Å². The Balaban J connectivity index is 2.66. The number of rotatable bonds is 2. The Morgan fingerprint density at radius 2 is 2.08 bits per heavy atom. The number of carbonyl (C=O) groups is 1. The van der Waals surface area contributed by atoms with E-state index >= 15 is 0 Å². The summed E-state index contributed by atoms with van der Waals surface area (Å²) in [7, 11) is 0. The highest BCUT2D eigenvalue weighted by Gasteiger charge is 2.07. The lowest BCUT2D eigenvalue weighted by Gasteiger charge is -2.12. The first-order valence-electron chi connectivity index (χ1n) is 3.95. The van der Waals surface area contributed by atoms with Crippen LogP contribution in [0.1, 0.15) is 25.7 Å². The molecule has 1 aliphatic carbocycles. The molecule has 0 aromatic carbocycles. The van der Waals surface area contributed by atoms with Gasteiger partial charge < -0.3 is 0 Å². The van der Waals surface area contributed by atoms with Gasteiger partial charge in [0.25, 0.3) is 0 Å². The highest BCUT2D eigenvalue weighted by atomic mass is 79.9. The van der Waals surface area contributed by atoms with Crippen LogP contribution >= 0.6 is 15.9 Å². The summed E-state index contributed by atoms with van der Waals surface area (Å²) in [6, 6.07) is -1.38. The zero-order chi connectivity index (χ0) is 8.97. The molecule has 0 unspecified atom stereocenters. The number of hydrogen-bond donors (Lipinski definition) is 0. The number of carbonyl (C=O) groups excluding carboxylic acids is 1. The second-order valence-electron chi connectivity index (χ2n) is 2.77. The number of hydrogen-bond acceptors (Lipinski definition) is 1. The first-order valence-corrected chi connectivity index (χ1v) is 4.74. The molecule has 0 aromatic heterocycles. The van der Waals surface area contributed by atoms with Crippen LogP contribution in [0.2, 0.25) is 0 Å². The van der Waals surface area contributed by atoms with E-state index in [1.165, 1.54) is 6.42 Å². The molecule has 66 valence electrons. The van der Waals surface area contributed by atoms with Crippen molar-refractivity contribution < 1.29 is 9.18 Å². The van der Waals surface area contributed by atoms with E-state index in [0.29, 0.717) is 0 Å². The maximum Gasteiger partial charge on any atom is 0.324 e. The Morgan fingerprint density at radius 3 is 2.67 bits per heavy atom. The molecule has 0 aliphatic heterocycles. The lowest BCUT2D eigenvalue weighted by molar-refractivity contribution is -0.124. The Bertz CT molecular complexity index is 243. The Hall–Kier alpha value is -0.440. The van der Waals surface area contributed by atoms with Crippen LogP contribution in [0.3, 0.4) is 0 Å². The van der Waals surface area contributed by atoms with Gasteiger partial charge in [0.05, 0.1) is 0 Å². The van der Waals surface area contributed by atoms with Crippen molar-refractivity contribution in [2.24, 2.45) is 0 Å². The molecular formula is C9H10BrFO. The van der Waals surface area contributed by atoms with E-state index in [-0.39, 0.29) is 0 Å². The average Bonchev–Trinajstić information content (AvgIpc) is 2.03. The van der Waals surface area contributed by atoms with Crippen molar-refractivity contribution in [3.8, 4) is 0 Å². The first kappa shape index (κ1) is 9.65. The van der Waals surface area contributed by atoms with Gasteiger partial charge in [0.1, 0.15) is 0 Å². The summed E-state index contributed by atoms with van der Waals surface area (Å²) in [6.45, 7) is 0. The van der Waals surface area contributed by atoms with E-state index < -0.39 is 6.04 Å². The molecule has 12 heavy (non-hydrogen) atoms. The van der Waals surface area contributed by atoms with Gasteiger partial charge in [0.15, 0.2) is 0 Å². The third-order valence-electron chi connectivity index (χ3n) is 1.86. The van der Waals surface area contributed by atoms with Gasteiger partial charge >= 0.3 is 6.04 Å². The largest absolute Gasteiger partial charge is 0.324 e. The fourth-order valence-electron chi connectivity index (χ4n) is 1.23. The minimum atomic E-state index is -1.38. The molecule has 0 heterocycles. The standard InChI is InChI=1S/C9H10BrFO/c10-8-4-2-1-3-7(8)5-6-9(11)12/h5-6H,1-4H2/b6-5+. The van der Waals surface area contributed by atoms with Gasteiger partial charge in [-0.1, -0.05) is 22.0 Å². The van der Waals surface area contributed by atoms with Gasteiger partial charge in [0, 0.05) is 6.08 Å². The predicted molar refractivity (Wildman–Crippen MR) is 49.7 cm³/mol. The van der Waals surface area contributed by atoms with Crippen molar-refractivity contribution in [1.82, 2.24) is 0 Å². The van der Waals surface area contributed by atoms with E-state index in [0.717, 1.165) is 35.4 Å². The van der Waals surface area contributed by atoms with Gasteiger partial charge in [-0.2, -0.15) is 4.39 Å². The zero-order valence-corrected chi connectivity index (χ0v) is 8.23. The van der Waals surface area contributed by atoms with E-state index in [9.17, 15) is 9.18 Å². The SMILES string of the molecule is O=C(F)/C=C/C1=C(Br)CCCC1. The lowest BCUT2D eigenvalue weighted by atomic mass is 9.99. The molecule has 0 N–H and O–H groups in total. The molecule has 0 spiro atoms. The molecule has 0 saturated carbocycles. The third kappa shape index (κ3) is 2.89. The Morgan fingerprint density at radius 1 is 1.42 bits per heavy atom. The van der Waals surface area contributed by atoms with Crippen molar-refractivity contribution in [2.45, 2.75) is 25.7 Å². The zero-order valence-electron chi connectivity index (χ0n) is 6.65. The van der Waals surface area contributed by atoms with Gasteiger partial charge in [0.2, 0.25) is 0 Å². The van der Waals surface area contributed by atoms with Crippen LogP contribution in [0.5, 0.6) is 0 Å². The molecule has 0 bridgehead atoms. The summed E-state index contributed by atoms with van der Waals surface area (Å²) < 4.78 is 12.9. The summed E-state index contributed by atoms with van der Waals surface area (Å²) in [4.78, 5) is 10.0. The Labute approximate surface area is 79.5 Å². The molecule has 0 saturated heterocycles. The predicted octanol–water partition coefficient (Wildman–Crippen LogP) is 3.26. The van der Waals surface area contributed by atoms with Crippen molar-refractivity contribution in [3.05, 3.63) is 22.2 Å². The molecule has 1 nitrogen and oxygen atoms in total. The first-order chi connectivity index (χ1) is 5.70. The topological polar surface area (TPSA) is 17.1 Å². The second-order valence-corrected chi connectivity index (χ2v) is 3.73.